The van der Waals surface area contributed by atoms with Crippen molar-refractivity contribution in [3.05, 3.63) is 23.9 Å². The van der Waals surface area contributed by atoms with Crippen molar-refractivity contribution >= 4 is 0 Å². The van der Waals surface area contributed by atoms with E-state index in [9.17, 15) is 0 Å². The minimum atomic E-state index is -0.00128. The molecular weight excluding hydrogens is 238 g/mol. The van der Waals surface area contributed by atoms with Gasteiger partial charge in [-0.25, -0.2) is 4.98 Å². The summed E-state index contributed by atoms with van der Waals surface area (Å²) < 4.78 is 5.92. The smallest absolute Gasteiger partial charge is 0.217 e. The molecule has 0 atom stereocenters. The molecule has 1 saturated carbocycles. The van der Waals surface area contributed by atoms with Crippen LogP contribution in [0.5, 0.6) is 5.88 Å². The quantitative estimate of drug-likeness (QED) is 0.817. The highest BCUT2D eigenvalue weighted by atomic mass is 16.5. The summed E-state index contributed by atoms with van der Waals surface area (Å²) in [5.74, 6) is 0.755. The molecule has 1 aromatic rings. The second kappa shape index (κ2) is 5.88. The molecule has 1 aliphatic rings. The predicted octanol–water partition coefficient (Wildman–Crippen LogP) is 2.05. The van der Waals surface area contributed by atoms with Crippen LogP contribution in [0.2, 0.25) is 0 Å². The molecule has 4 nitrogen and oxygen atoms in total. The van der Waals surface area contributed by atoms with Gasteiger partial charge in [-0.2, -0.15) is 0 Å². The molecule has 1 fully saturated rings. The lowest BCUT2D eigenvalue weighted by atomic mass is 10.1. The molecule has 1 aliphatic carbocycles. The van der Waals surface area contributed by atoms with Crippen LogP contribution in [0, 0.1) is 0 Å². The number of pyridine rings is 1. The van der Waals surface area contributed by atoms with Crippen LogP contribution in [0.3, 0.4) is 0 Å². The molecule has 0 amide bonds. The number of nitrogens with zero attached hydrogens (tertiary/aromatic N) is 2. The number of hydrogen-bond acceptors (Lipinski definition) is 4. The predicted molar refractivity (Wildman–Crippen MR) is 77.4 cm³/mol. The third-order valence-electron chi connectivity index (χ3n) is 3.78. The van der Waals surface area contributed by atoms with Crippen LogP contribution in [-0.4, -0.2) is 42.2 Å². The van der Waals surface area contributed by atoms with Crippen molar-refractivity contribution in [3.63, 3.8) is 0 Å². The standard InChI is InChI=1S/C15H25N3O/c1-15(2,18(3)4)11-19-14-12(6-5-9-16-14)10-17-13-7-8-13/h5-6,9,13,17H,7-8,10-11H2,1-4H3. The van der Waals surface area contributed by atoms with Crippen LogP contribution in [0.4, 0.5) is 0 Å². The van der Waals surface area contributed by atoms with E-state index < -0.39 is 0 Å². The molecule has 0 unspecified atom stereocenters. The molecule has 2 rings (SSSR count). The molecule has 1 heterocycles. The van der Waals surface area contributed by atoms with Gasteiger partial charge in [0.15, 0.2) is 0 Å². The molecular formula is C15H25N3O. The summed E-state index contributed by atoms with van der Waals surface area (Å²) in [5.41, 5.74) is 1.14. The number of likely N-dealkylation sites (N-methyl/N-ethyl adjacent to an activating group) is 1. The second-order valence-corrected chi connectivity index (χ2v) is 6.12. The molecule has 4 heteroatoms. The first kappa shape index (κ1) is 14.3. The molecule has 0 saturated heterocycles. The lowest BCUT2D eigenvalue weighted by Crippen LogP contribution is -2.43. The van der Waals surface area contributed by atoms with Crippen LogP contribution in [0.15, 0.2) is 18.3 Å². The Labute approximate surface area is 116 Å². The lowest BCUT2D eigenvalue weighted by molar-refractivity contribution is 0.110. The van der Waals surface area contributed by atoms with Crippen molar-refractivity contribution in [3.8, 4) is 5.88 Å². The van der Waals surface area contributed by atoms with Gasteiger partial charge in [-0.05, 0) is 46.9 Å². The fourth-order valence-corrected chi connectivity index (χ4v) is 1.60. The Balaban J connectivity index is 1.94. The Kier molecular flexibility index (Phi) is 4.42. The number of ether oxygens (including phenoxy) is 1. The number of rotatable bonds is 7. The Morgan fingerprint density at radius 3 is 2.79 bits per heavy atom. The summed E-state index contributed by atoms with van der Waals surface area (Å²) in [4.78, 5) is 6.52. The minimum absolute atomic E-state index is 0.00128. The molecule has 1 N–H and O–H groups in total. The number of nitrogens with one attached hydrogen (secondary N) is 1. The Bertz CT molecular complexity index is 414. The zero-order valence-electron chi connectivity index (χ0n) is 12.4. The van der Waals surface area contributed by atoms with Gasteiger partial charge in [-0.15, -0.1) is 0 Å². The van der Waals surface area contributed by atoms with Crippen LogP contribution in [0.1, 0.15) is 32.3 Å². The van der Waals surface area contributed by atoms with Crippen LogP contribution < -0.4 is 10.1 Å². The SMILES string of the molecule is CN(C)C(C)(C)COc1ncccc1CNC1CC1. The molecule has 0 bridgehead atoms. The van der Waals surface area contributed by atoms with Gasteiger partial charge >= 0.3 is 0 Å². The average molecular weight is 263 g/mol. The first-order chi connectivity index (χ1) is 8.99. The topological polar surface area (TPSA) is 37.4 Å². The summed E-state index contributed by atoms with van der Waals surface area (Å²) in [5, 5.41) is 3.50. The van der Waals surface area contributed by atoms with E-state index in [0.29, 0.717) is 12.6 Å². The van der Waals surface area contributed by atoms with Gasteiger partial charge in [0.05, 0.1) is 0 Å². The van der Waals surface area contributed by atoms with Gasteiger partial charge in [0.2, 0.25) is 5.88 Å². The average Bonchev–Trinajstić information content (AvgIpc) is 3.18. The maximum Gasteiger partial charge on any atom is 0.217 e. The Hall–Kier alpha value is -1.13. The van der Waals surface area contributed by atoms with Gasteiger partial charge in [-0.1, -0.05) is 6.07 Å². The number of aromatic nitrogens is 1. The van der Waals surface area contributed by atoms with E-state index in [1.165, 1.54) is 12.8 Å². The van der Waals surface area contributed by atoms with Crippen molar-refractivity contribution in [2.75, 3.05) is 20.7 Å². The van der Waals surface area contributed by atoms with E-state index in [2.05, 4.69) is 49.2 Å². The van der Waals surface area contributed by atoms with Gasteiger partial charge < -0.3 is 15.0 Å². The highest BCUT2D eigenvalue weighted by molar-refractivity contribution is 5.25. The van der Waals surface area contributed by atoms with Crippen molar-refractivity contribution in [1.29, 1.82) is 0 Å². The maximum absolute atomic E-state index is 5.92. The monoisotopic (exact) mass is 263 g/mol. The van der Waals surface area contributed by atoms with E-state index in [1.807, 2.05) is 6.07 Å². The number of hydrogen-bond donors (Lipinski definition) is 1. The van der Waals surface area contributed by atoms with Gasteiger partial charge in [0.1, 0.15) is 6.61 Å². The second-order valence-electron chi connectivity index (χ2n) is 6.12. The van der Waals surface area contributed by atoms with E-state index >= 15 is 0 Å². The first-order valence-corrected chi connectivity index (χ1v) is 6.96. The zero-order valence-corrected chi connectivity index (χ0v) is 12.4. The highest BCUT2D eigenvalue weighted by Gasteiger charge is 2.23. The normalized spacial score (nSPS) is 15.8. The largest absolute Gasteiger partial charge is 0.475 e. The molecule has 0 aliphatic heterocycles. The van der Waals surface area contributed by atoms with E-state index in [-0.39, 0.29) is 5.54 Å². The fraction of sp³-hybridized carbons (Fsp3) is 0.667. The van der Waals surface area contributed by atoms with Crippen molar-refractivity contribution < 1.29 is 4.74 Å². The maximum atomic E-state index is 5.92. The van der Waals surface area contributed by atoms with E-state index in [4.69, 9.17) is 4.74 Å². The van der Waals surface area contributed by atoms with Crippen LogP contribution in [-0.2, 0) is 6.54 Å². The van der Waals surface area contributed by atoms with Gasteiger partial charge in [0, 0.05) is 29.9 Å². The fourth-order valence-electron chi connectivity index (χ4n) is 1.60. The first-order valence-electron chi connectivity index (χ1n) is 6.96. The van der Waals surface area contributed by atoms with Gasteiger partial charge in [-0.3, -0.25) is 0 Å². The summed E-state index contributed by atoms with van der Waals surface area (Å²) in [6.45, 7) is 5.81. The van der Waals surface area contributed by atoms with Gasteiger partial charge in [0.25, 0.3) is 0 Å². The zero-order chi connectivity index (χ0) is 13.9. The molecule has 0 aromatic carbocycles. The lowest BCUT2D eigenvalue weighted by Gasteiger charge is -2.32. The highest BCUT2D eigenvalue weighted by Crippen LogP contribution is 2.22. The third-order valence-corrected chi connectivity index (χ3v) is 3.78. The van der Waals surface area contributed by atoms with Crippen molar-refractivity contribution in [2.24, 2.45) is 0 Å². The minimum Gasteiger partial charge on any atom is -0.475 e. The summed E-state index contributed by atoms with van der Waals surface area (Å²) in [7, 11) is 4.13. The molecule has 0 spiro atoms. The van der Waals surface area contributed by atoms with E-state index in [0.717, 1.165) is 18.0 Å². The van der Waals surface area contributed by atoms with Crippen LogP contribution in [0.25, 0.3) is 0 Å². The molecule has 19 heavy (non-hydrogen) atoms. The molecule has 0 radical (unpaired) electrons. The van der Waals surface area contributed by atoms with E-state index in [1.54, 1.807) is 6.20 Å². The summed E-state index contributed by atoms with van der Waals surface area (Å²) in [6, 6.07) is 4.75. The Morgan fingerprint density at radius 2 is 2.16 bits per heavy atom. The van der Waals surface area contributed by atoms with Crippen molar-refractivity contribution in [2.45, 2.75) is 44.8 Å². The van der Waals surface area contributed by atoms with Crippen molar-refractivity contribution in [1.82, 2.24) is 15.2 Å². The summed E-state index contributed by atoms with van der Waals surface area (Å²) >= 11 is 0. The van der Waals surface area contributed by atoms with Crippen LogP contribution >= 0.6 is 0 Å². The Morgan fingerprint density at radius 1 is 1.42 bits per heavy atom. The molecule has 1 aromatic heterocycles. The summed E-state index contributed by atoms with van der Waals surface area (Å²) in [6.07, 6.45) is 4.38. The molecule has 106 valence electrons. The third kappa shape index (κ3) is 4.18.